The van der Waals surface area contributed by atoms with E-state index in [0.717, 1.165) is 19.1 Å². The van der Waals surface area contributed by atoms with Gasteiger partial charge in [0.15, 0.2) is 0 Å². The Morgan fingerprint density at radius 1 is 1.27 bits per heavy atom. The van der Waals surface area contributed by atoms with Gasteiger partial charge in [-0.2, -0.15) is 0 Å². The molecular formula is C12H25NO2. The van der Waals surface area contributed by atoms with Crippen LogP contribution in [0, 0.1) is 5.92 Å². The van der Waals surface area contributed by atoms with Crippen LogP contribution in [-0.4, -0.2) is 39.0 Å². The highest BCUT2D eigenvalue weighted by Crippen LogP contribution is 2.26. The van der Waals surface area contributed by atoms with Gasteiger partial charge in [0, 0.05) is 13.2 Å². The fourth-order valence-corrected chi connectivity index (χ4v) is 2.29. The highest BCUT2D eigenvalue weighted by atomic mass is 16.5. The molecule has 15 heavy (non-hydrogen) atoms. The van der Waals surface area contributed by atoms with Crippen molar-refractivity contribution in [2.24, 2.45) is 5.92 Å². The zero-order chi connectivity index (χ0) is 11.1. The summed E-state index contributed by atoms with van der Waals surface area (Å²) in [6, 6.07) is 0.544. The number of methoxy groups -OCH3 is 1. The van der Waals surface area contributed by atoms with Gasteiger partial charge in [0.1, 0.15) is 0 Å². The minimum atomic E-state index is 0.379. The van der Waals surface area contributed by atoms with Gasteiger partial charge in [0.25, 0.3) is 0 Å². The molecule has 1 saturated carbocycles. The zero-order valence-electron chi connectivity index (χ0n) is 10.3. The lowest BCUT2D eigenvalue weighted by atomic mass is 9.85. The summed E-state index contributed by atoms with van der Waals surface area (Å²) in [5.41, 5.74) is 0. The monoisotopic (exact) mass is 215 g/mol. The molecule has 0 bridgehead atoms. The first kappa shape index (κ1) is 12.9. The first-order valence-electron chi connectivity index (χ1n) is 6.11. The van der Waals surface area contributed by atoms with Gasteiger partial charge in [-0.05, 0) is 31.7 Å². The van der Waals surface area contributed by atoms with Crippen LogP contribution >= 0.6 is 0 Å². The van der Waals surface area contributed by atoms with Crippen molar-refractivity contribution < 1.29 is 9.47 Å². The van der Waals surface area contributed by atoms with Crippen molar-refractivity contribution in [2.45, 2.75) is 45.3 Å². The van der Waals surface area contributed by atoms with E-state index in [2.05, 4.69) is 19.2 Å². The molecule has 1 aliphatic rings. The van der Waals surface area contributed by atoms with E-state index in [1.165, 1.54) is 19.3 Å². The molecule has 0 aliphatic heterocycles. The molecule has 0 aromatic rings. The van der Waals surface area contributed by atoms with Gasteiger partial charge in [-0.1, -0.05) is 13.8 Å². The number of likely N-dealkylation sites (N-methyl/N-ethyl adjacent to an activating group) is 1. The first-order chi connectivity index (χ1) is 7.27. The molecule has 1 aliphatic carbocycles. The Balaban J connectivity index is 2.32. The maximum atomic E-state index is 5.87. The summed E-state index contributed by atoms with van der Waals surface area (Å²) < 4.78 is 10.9. The molecule has 90 valence electrons. The van der Waals surface area contributed by atoms with E-state index in [1.54, 1.807) is 7.11 Å². The minimum Gasteiger partial charge on any atom is -0.382 e. The topological polar surface area (TPSA) is 30.5 Å². The SMILES string of the molecule is CCNC1CCC(C)CC1OCCOC. The second-order valence-electron chi connectivity index (χ2n) is 4.48. The molecule has 0 amide bonds. The van der Waals surface area contributed by atoms with Crippen LogP contribution in [-0.2, 0) is 9.47 Å². The third kappa shape index (κ3) is 4.49. The molecule has 0 aromatic carbocycles. The lowest BCUT2D eigenvalue weighted by Gasteiger charge is -2.35. The summed E-state index contributed by atoms with van der Waals surface area (Å²) in [4.78, 5) is 0. The molecule has 0 aromatic heterocycles. The van der Waals surface area contributed by atoms with Crippen molar-refractivity contribution in [3.05, 3.63) is 0 Å². The molecule has 3 unspecified atom stereocenters. The highest BCUT2D eigenvalue weighted by Gasteiger charge is 2.28. The van der Waals surface area contributed by atoms with E-state index in [4.69, 9.17) is 9.47 Å². The van der Waals surface area contributed by atoms with E-state index < -0.39 is 0 Å². The summed E-state index contributed by atoms with van der Waals surface area (Å²) in [6.07, 6.45) is 4.12. The number of hydrogen-bond acceptors (Lipinski definition) is 3. The quantitative estimate of drug-likeness (QED) is 0.686. The van der Waals surface area contributed by atoms with Crippen LogP contribution in [0.3, 0.4) is 0 Å². The summed E-state index contributed by atoms with van der Waals surface area (Å²) in [6.45, 7) is 6.92. The molecule has 0 saturated heterocycles. The number of rotatable bonds is 6. The van der Waals surface area contributed by atoms with Crippen LogP contribution < -0.4 is 5.32 Å². The fourth-order valence-electron chi connectivity index (χ4n) is 2.29. The largest absolute Gasteiger partial charge is 0.382 e. The summed E-state index contributed by atoms with van der Waals surface area (Å²) in [7, 11) is 1.72. The third-order valence-electron chi connectivity index (χ3n) is 3.14. The molecule has 3 atom stereocenters. The Hall–Kier alpha value is -0.120. The zero-order valence-corrected chi connectivity index (χ0v) is 10.3. The van der Waals surface area contributed by atoms with Crippen LogP contribution in [0.1, 0.15) is 33.1 Å². The Morgan fingerprint density at radius 3 is 2.73 bits per heavy atom. The van der Waals surface area contributed by atoms with Gasteiger partial charge >= 0.3 is 0 Å². The standard InChI is InChI=1S/C12H25NO2/c1-4-13-11-6-5-10(2)9-12(11)15-8-7-14-3/h10-13H,4-9H2,1-3H3. The Kier molecular flexibility index (Phi) is 6.22. The first-order valence-corrected chi connectivity index (χ1v) is 6.11. The van der Waals surface area contributed by atoms with E-state index >= 15 is 0 Å². The molecule has 1 fully saturated rings. The van der Waals surface area contributed by atoms with E-state index in [9.17, 15) is 0 Å². The summed E-state index contributed by atoms with van der Waals surface area (Å²) in [5, 5.41) is 3.52. The Bertz CT molecular complexity index is 164. The van der Waals surface area contributed by atoms with Gasteiger partial charge in [-0.15, -0.1) is 0 Å². The molecular weight excluding hydrogens is 190 g/mol. The number of nitrogens with one attached hydrogen (secondary N) is 1. The molecule has 0 radical (unpaired) electrons. The van der Waals surface area contributed by atoms with Crippen molar-refractivity contribution in [1.29, 1.82) is 0 Å². The Labute approximate surface area is 93.5 Å². The second-order valence-corrected chi connectivity index (χ2v) is 4.48. The maximum absolute atomic E-state index is 5.87. The van der Waals surface area contributed by atoms with Crippen molar-refractivity contribution in [3.8, 4) is 0 Å². The van der Waals surface area contributed by atoms with Gasteiger partial charge in [0.2, 0.25) is 0 Å². The molecule has 0 spiro atoms. The molecule has 0 heterocycles. The average molecular weight is 215 g/mol. The van der Waals surface area contributed by atoms with Crippen LogP contribution in [0.25, 0.3) is 0 Å². The third-order valence-corrected chi connectivity index (χ3v) is 3.14. The number of ether oxygens (including phenoxy) is 2. The van der Waals surface area contributed by atoms with Gasteiger partial charge in [0.05, 0.1) is 19.3 Å². The Morgan fingerprint density at radius 2 is 2.07 bits per heavy atom. The average Bonchev–Trinajstić information content (AvgIpc) is 2.22. The van der Waals surface area contributed by atoms with Crippen LogP contribution in [0.4, 0.5) is 0 Å². The van der Waals surface area contributed by atoms with Crippen molar-refractivity contribution in [2.75, 3.05) is 26.9 Å². The van der Waals surface area contributed by atoms with Crippen LogP contribution in [0.15, 0.2) is 0 Å². The van der Waals surface area contributed by atoms with Gasteiger partial charge in [-0.3, -0.25) is 0 Å². The predicted octanol–water partition coefficient (Wildman–Crippen LogP) is 1.82. The van der Waals surface area contributed by atoms with Gasteiger partial charge < -0.3 is 14.8 Å². The van der Waals surface area contributed by atoms with Crippen molar-refractivity contribution in [1.82, 2.24) is 5.32 Å². The van der Waals surface area contributed by atoms with E-state index in [1.807, 2.05) is 0 Å². The normalized spacial score (nSPS) is 31.8. The lowest BCUT2D eigenvalue weighted by molar-refractivity contribution is -0.0273. The van der Waals surface area contributed by atoms with Crippen LogP contribution in [0.5, 0.6) is 0 Å². The molecule has 3 heteroatoms. The van der Waals surface area contributed by atoms with Gasteiger partial charge in [-0.25, -0.2) is 0 Å². The summed E-state index contributed by atoms with van der Waals surface area (Å²) in [5.74, 6) is 0.799. The molecule has 3 nitrogen and oxygen atoms in total. The lowest BCUT2D eigenvalue weighted by Crippen LogP contribution is -2.45. The number of hydrogen-bond donors (Lipinski definition) is 1. The van der Waals surface area contributed by atoms with E-state index in [0.29, 0.717) is 18.8 Å². The smallest absolute Gasteiger partial charge is 0.0731 e. The van der Waals surface area contributed by atoms with Crippen molar-refractivity contribution in [3.63, 3.8) is 0 Å². The molecule has 1 rings (SSSR count). The van der Waals surface area contributed by atoms with Crippen LogP contribution in [0.2, 0.25) is 0 Å². The van der Waals surface area contributed by atoms with E-state index in [-0.39, 0.29) is 0 Å². The van der Waals surface area contributed by atoms with Crippen molar-refractivity contribution >= 4 is 0 Å². The maximum Gasteiger partial charge on any atom is 0.0731 e. The fraction of sp³-hybridized carbons (Fsp3) is 1.00. The minimum absolute atomic E-state index is 0.379. The second kappa shape index (κ2) is 7.20. The summed E-state index contributed by atoms with van der Waals surface area (Å²) >= 11 is 0. The molecule has 1 N–H and O–H groups in total. The predicted molar refractivity (Wildman–Crippen MR) is 62.1 cm³/mol. The highest BCUT2D eigenvalue weighted by molar-refractivity contribution is 4.84.